The average Bonchev–Trinajstić information content (AvgIpc) is 3.41. The molecule has 31 heavy (non-hydrogen) atoms. The monoisotopic (exact) mass is 502 g/mol. The number of amides is 2. The molecule has 2 aromatic carbocycles. The molecule has 160 valence electrons. The Morgan fingerprint density at radius 1 is 1.19 bits per heavy atom. The number of H-pyrrole nitrogens is 1. The number of nitrogens with one attached hydrogen (secondary N) is 2. The van der Waals surface area contributed by atoms with Crippen LogP contribution in [0, 0.1) is 0 Å². The molecule has 2 N–H and O–H groups in total. The molecule has 3 aromatic rings. The lowest BCUT2D eigenvalue weighted by atomic mass is 10.1. The molecular formula is C22H20BrClN4O3. The Hall–Kier alpha value is -2.84. The Morgan fingerprint density at radius 3 is 2.68 bits per heavy atom. The third-order valence-corrected chi connectivity index (χ3v) is 6.10. The zero-order valence-electron chi connectivity index (χ0n) is 16.5. The summed E-state index contributed by atoms with van der Waals surface area (Å²) in [6, 6.07) is 16.1. The van der Waals surface area contributed by atoms with Crippen LogP contribution >= 0.6 is 27.5 Å². The van der Waals surface area contributed by atoms with Gasteiger partial charge < -0.3 is 10.1 Å². The number of carbonyl (C=O) groups excluding carboxylic acids is 2. The van der Waals surface area contributed by atoms with Gasteiger partial charge in [0, 0.05) is 17.1 Å². The first-order chi connectivity index (χ1) is 15.0. The summed E-state index contributed by atoms with van der Waals surface area (Å²) in [5.41, 5.74) is 2.49. The predicted molar refractivity (Wildman–Crippen MR) is 122 cm³/mol. The van der Waals surface area contributed by atoms with Crippen molar-refractivity contribution < 1.29 is 14.3 Å². The van der Waals surface area contributed by atoms with E-state index in [9.17, 15) is 9.59 Å². The maximum absolute atomic E-state index is 12.9. The summed E-state index contributed by atoms with van der Waals surface area (Å²) in [4.78, 5) is 26.9. The standard InChI is InChI=1S/C22H20BrClN4O3/c23-18-19(15-8-10-16(24)11-9-15)26-27-20(18)25-21(29)17-7-4-12-28(17)22(30)31-13-14-5-2-1-3-6-14/h1-3,5-6,8-11,17H,4,7,12-13H2,(H2,25,26,27,29)/t17-/m0/s1. The number of carbonyl (C=O) groups is 2. The number of benzene rings is 2. The summed E-state index contributed by atoms with van der Waals surface area (Å²) in [5.74, 6) is 0.0588. The summed E-state index contributed by atoms with van der Waals surface area (Å²) >= 11 is 9.44. The Morgan fingerprint density at radius 2 is 1.94 bits per heavy atom. The van der Waals surface area contributed by atoms with Crippen LogP contribution in [0.1, 0.15) is 18.4 Å². The fraction of sp³-hybridized carbons (Fsp3) is 0.227. The molecule has 2 heterocycles. The summed E-state index contributed by atoms with van der Waals surface area (Å²) in [5, 5.41) is 10.6. The molecule has 9 heteroatoms. The highest BCUT2D eigenvalue weighted by Gasteiger charge is 2.35. The quantitative estimate of drug-likeness (QED) is 0.499. The summed E-state index contributed by atoms with van der Waals surface area (Å²) in [6.45, 7) is 0.642. The van der Waals surface area contributed by atoms with Gasteiger partial charge in [-0.05, 0) is 46.5 Å². The van der Waals surface area contributed by atoms with Crippen molar-refractivity contribution in [2.24, 2.45) is 0 Å². The number of aromatic amines is 1. The lowest BCUT2D eigenvalue weighted by molar-refractivity contribution is -0.120. The summed E-state index contributed by atoms with van der Waals surface area (Å²) in [7, 11) is 0. The van der Waals surface area contributed by atoms with E-state index in [2.05, 4.69) is 31.4 Å². The van der Waals surface area contributed by atoms with E-state index in [1.54, 1.807) is 12.1 Å². The van der Waals surface area contributed by atoms with Crippen molar-refractivity contribution in [2.45, 2.75) is 25.5 Å². The first kappa shape index (κ1) is 21.4. The molecule has 1 aliphatic heterocycles. The van der Waals surface area contributed by atoms with Gasteiger partial charge in [0.25, 0.3) is 0 Å². The second-order valence-corrected chi connectivity index (χ2v) is 8.38. The highest BCUT2D eigenvalue weighted by molar-refractivity contribution is 9.10. The van der Waals surface area contributed by atoms with Crippen molar-refractivity contribution in [1.82, 2.24) is 15.1 Å². The molecular weight excluding hydrogens is 484 g/mol. The molecule has 7 nitrogen and oxygen atoms in total. The van der Waals surface area contributed by atoms with Gasteiger partial charge >= 0.3 is 6.09 Å². The van der Waals surface area contributed by atoms with Crippen molar-refractivity contribution >= 4 is 45.3 Å². The summed E-state index contributed by atoms with van der Waals surface area (Å²) < 4.78 is 6.03. The molecule has 0 saturated carbocycles. The Bertz CT molecular complexity index is 1070. The Balaban J connectivity index is 1.41. The molecule has 1 aliphatic rings. The maximum Gasteiger partial charge on any atom is 0.410 e. The van der Waals surface area contributed by atoms with Gasteiger partial charge in [0.2, 0.25) is 5.91 Å². The van der Waals surface area contributed by atoms with Crippen LogP contribution in [0.15, 0.2) is 59.1 Å². The van der Waals surface area contributed by atoms with Gasteiger partial charge in [0.15, 0.2) is 5.82 Å². The molecule has 1 fully saturated rings. The third-order valence-electron chi connectivity index (χ3n) is 5.08. The molecule has 1 atom stereocenters. The first-order valence-corrected chi connectivity index (χ1v) is 11.0. The minimum absolute atomic E-state index is 0.167. The Kier molecular flexibility index (Phi) is 6.58. The van der Waals surface area contributed by atoms with Crippen molar-refractivity contribution in [3.05, 3.63) is 69.7 Å². The fourth-order valence-corrected chi connectivity index (χ4v) is 4.11. The molecule has 2 amide bonds. The van der Waals surface area contributed by atoms with E-state index in [1.165, 1.54) is 4.90 Å². The van der Waals surface area contributed by atoms with Crippen LogP contribution in [0.4, 0.5) is 10.6 Å². The number of aromatic nitrogens is 2. The van der Waals surface area contributed by atoms with Gasteiger partial charge in [-0.2, -0.15) is 5.10 Å². The van der Waals surface area contributed by atoms with E-state index in [-0.39, 0.29) is 12.5 Å². The van der Waals surface area contributed by atoms with Crippen LogP contribution in [0.5, 0.6) is 0 Å². The number of likely N-dealkylation sites (tertiary alicyclic amines) is 1. The first-order valence-electron chi connectivity index (χ1n) is 9.81. The van der Waals surface area contributed by atoms with Crippen LogP contribution in [-0.4, -0.2) is 39.7 Å². The van der Waals surface area contributed by atoms with Crippen molar-refractivity contribution in [3.8, 4) is 11.3 Å². The van der Waals surface area contributed by atoms with E-state index in [0.29, 0.717) is 28.3 Å². The zero-order valence-corrected chi connectivity index (χ0v) is 18.8. The number of hydrogen-bond donors (Lipinski definition) is 2. The van der Waals surface area contributed by atoms with Crippen LogP contribution in [-0.2, 0) is 16.1 Å². The van der Waals surface area contributed by atoms with E-state index in [0.717, 1.165) is 23.2 Å². The van der Waals surface area contributed by atoms with Crippen molar-refractivity contribution in [3.63, 3.8) is 0 Å². The third kappa shape index (κ3) is 4.91. The second kappa shape index (κ2) is 9.53. The molecule has 1 aromatic heterocycles. The smallest absolute Gasteiger partial charge is 0.410 e. The number of hydrogen-bond acceptors (Lipinski definition) is 4. The van der Waals surface area contributed by atoms with Gasteiger partial charge in [-0.3, -0.25) is 14.8 Å². The largest absolute Gasteiger partial charge is 0.445 e. The molecule has 4 rings (SSSR count). The van der Waals surface area contributed by atoms with Crippen LogP contribution in [0.2, 0.25) is 5.02 Å². The van der Waals surface area contributed by atoms with E-state index in [1.807, 2.05) is 42.5 Å². The molecule has 0 radical (unpaired) electrons. The number of nitrogens with zero attached hydrogens (tertiary/aromatic N) is 2. The lowest BCUT2D eigenvalue weighted by Gasteiger charge is -2.23. The highest BCUT2D eigenvalue weighted by atomic mass is 79.9. The van der Waals surface area contributed by atoms with Crippen molar-refractivity contribution in [2.75, 3.05) is 11.9 Å². The van der Waals surface area contributed by atoms with Crippen LogP contribution in [0.25, 0.3) is 11.3 Å². The highest BCUT2D eigenvalue weighted by Crippen LogP contribution is 2.33. The molecule has 0 spiro atoms. The predicted octanol–water partition coefficient (Wildman–Crippen LogP) is 5.23. The SMILES string of the molecule is O=C(Nc1n[nH]c(-c2ccc(Cl)cc2)c1Br)[C@@H]1CCCN1C(=O)OCc1ccccc1. The van der Waals surface area contributed by atoms with Crippen LogP contribution in [0.3, 0.4) is 0 Å². The average molecular weight is 504 g/mol. The number of rotatable bonds is 5. The number of ether oxygens (including phenoxy) is 1. The fourth-order valence-electron chi connectivity index (χ4n) is 3.48. The minimum atomic E-state index is -0.606. The lowest BCUT2D eigenvalue weighted by Crippen LogP contribution is -2.43. The van der Waals surface area contributed by atoms with Gasteiger partial charge in [0.1, 0.15) is 12.6 Å². The molecule has 1 saturated heterocycles. The van der Waals surface area contributed by atoms with E-state index >= 15 is 0 Å². The minimum Gasteiger partial charge on any atom is -0.445 e. The van der Waals surface area contributed by atoms with Gasteiger partial charge in [0.05, 0.1) is 10.2 Å². The van der Waals surface area contributed by atoms with E-state index in [4.69, 9.17) is 16.3 Å². The normalized spacial score (nSPS) is 15.7. The Labute approximate surface area is 192 Å². The molecule has 0 bridgehead atoms. The zero-order chi connectivity index (χ0) is 21.8. The summed E-state index contributed by atoms with van der Waals surface area (Å²) in [6.07, 6.45) is 0.804. The van der Waals surface area contributed by atoms with Gasteiger partial charge in [-0.15, -0.1) is 0 Å². The van der Waals surface area contributed by atoms with E-state index < -0.39 is 12.1 Å². The number of halogens is 2. The number of anilines is 1. The second-order valence-electron chi connectivity index (χ2n) is 7.15. The maximum atomic E-state index is 12.9. The van der Waals surface area contributed by atoms with Crippen molar-refractivity contribution in [1.29, 1.82) is 0 Å². The van der Waals surface area contributed by atoms with Gasteiger partial charge in [-0.1, -0.05) is 54.1 Å². The van der Waals surface area contributed by atoms with Crippen LogP contribution < -0.4 is 5.32 Å². The molecule has 0 unspecified atom stereocenters. The molecule has 0 aliphatic carbocycles. The van der Waals surface area contributed by atoms with Gasteiger partial charge in [-0.25, -0.2) is 4.79 Å². The topological polar surface area (TPSA) is 87.3 Å².